The first-order valence-electron chi connectivity index (χ1n) is 4.97. The number of thioether (sulfide) groups is 1. The number of amides is 1. The third kappa shape index (κ3) is 2.25. The molecule has 2 rings (SSSR count). The summed E-state index contributed by atoms with van der Waals surface area (Å²) in [5.74, 6) is 4.80. The van der Waals surface area contributed by atoms with E-state index >= 15 is 0 Å². The number of Topliss-reactive ketones (excluding diaryl/α,β-unsaturated/α-hetero) is 1. The van der Waals surface area contributed by atoms with Crippen molar-refractivity contribution in [3.8, 4) is 0 Å². The Kier molecular flexibility index (Phi) is 3.26. The number of carbonyl (C=O) groups is 2. The molecule has 1 unspecified atom stereocenters. The standard InChI is InChI=1S/C11H12N2O2S/c12-13-11(15)6-10-8(14)5-7-3-1-2-4-9(7)16-10/h1-4,10H,5-6,12H2,(H,13,15). The van der Waals surface area contributed by atoms with E-state index in [9.17, 15) is 9.59 Å². The van der Waals surface area contributed by atoms with E-state index in [2.05, 4.69) is 5.43 Å². The second kappa shape index (κ2) is 4.67. The van der Waals surface area contributed by atoms with E-state index in [1.807, 2.05) is 24.3 Å². The minimum Gasteiger partial charge on any atom is -0.298 e. The Hall–Kier alpha value is -1.33. The van der Waals surface area contributed by atoms with Crippen molar-refractivity contribution in [2.75, 3.05) is 0 Å². The predicted octanol–water partition coefficient (Wildman–Crippen LogP) is 0.652. The van der Waals surface area contributed by atoms with E-state index in [-0.39, 0.29) is 23.4 Å². The largest absolute Gasteiger partial charge is 0.298 e. The lowest BCUT2D eigenvalue weighted by molar-refractivity contribution is -0.124. The molecular weight excluding hydrogens is 224 g/mol. The Bertz CT molecular complexity index is 434. The van der Waals surface area contributed by atoms with Gasteiger partial charge < -0.3 is 0 Å². The molecule has 1 aromatic carbocycles. The van der Waals surface area contributed by atoms with Crippen LogP contribution in [0.4, 0.5) is 0 Å². The van der Waals surface area contributed by atoms with Gasteiger partial charge >= 0.3 is 0 Å². The monoisotopic (exact) mass is 236 g/mol. The van der Waals surface area contributed by atoms with Crippen molar-refractivity contribution >= 4 is 23.5 Å². The molecule has 0 saturated heterocycles. The van der Waals surface area contributed by atoms with E-state index in [1.54, 1.807) is 0 Å². The number of hydrogen-bond donors (Lipinski definition) is 2. The smallest absolute Gasteiger partial charge is 0.235 e. The number of nitrogens with one attached hydrogen (secondary N) is 1. The molecule has 0 spiro atoms. The van der Waals surface area contributed by atoms with Crippen LogP contribution in [0.25, 0.3) is 0 Å². The first-order chi connectivity index (χ1) is 7.70. The Balaban J connectivity index is 2.15. The molecular formula is C11H12N2O2S. The Morgan fingerprint density at radius 3 is 3.00 bits per heavy atom. The van der Waals surface area contributed by atoms with Crippen LogP contribution in [0.15, 0.2) is 29.2 Å². The number of benzene rings is 1. The molecule has 0 radical (unpaired) electrons. The molecule has 1 aliphatic rings. The number of fused-ring (bicyclic) bond motifs is 1. The average Bonchev–Trinajstić information content (AvgIpc) is 2.30. The van der Waals surface area contributed by atoms with Gasteiger partial charge in [-0.25, -0.2) is 5.84 Å². The minimum atomic E-state index is -0.307. The number of hydrazine groups is 1. The lowest BCUT2D eigenvalue weighted by atomic mass is 10.0. The van der Waals surface area contributed by atoms with Crippen molar-refractivity contribution in [3.63, 3.8) is 0 Å². The zero-order valence-corrected chi connectivity index (χ0v) is 9.42. The number of hydrogen-bond acceptors (Lipinski definition) is 4. The molecule has 0 aromatic heterocycles. The van der Waals surface area contributed by atoms with Crippen molar-refractivity contribution in [1.82, 2.24) is 5.43 Å². The van der Waals surface area contributed by atoms with Crippen LogP contribution >= 0.6 is 11.8 Å². The van der Waals surface area contributed by atoms with Crippen molar-refractivity contribution < 1.29 is 9.59 Å². The van der Waals surface area contributed by atoms with Crippen LogP contribution in [-0.4, -0.2) is 16.9 Å². The van der Waals surface area contributed by atoms with Crippen molar-refractivity contribution in [2.45, 2.75) is 23.0 Å². The molecule has 5 heteroatoms. The van der Waals surface area contributed by atoms with Gasteiger partial charge in [0.15, 0.2) is 5.78 Å². The molecule has 1 aliphatic heterocycles. The Morgan fingerprint density at radius 1 is 1.50 bits per heavy atom. The highest BCUT2D eigenvalue weighted by Crippen LogP contribution is 2.34. The van der Waals surface area contributed by atoms with E-state index in [0.29, 0.717) is 6.42 Å². The molecule has 0 saturated carbocycles. The van der Waals surface area contributed by atoms with Crippen molar-refractivity contribution in [1.29, 1.82) is 0 Å². The normalized spacial score (nSPS) is 19.1. The molecule has 4 nitrogen and oxygen atoms in total. The first-order valence-corrected chi connectivity index (χ1v) is 5.85. The topological polar surface area (TPSA) is 72.2 Å². The van der Waals surface area contributed by atoms with Crippen LogP contribution in [0.3, 0.4) is 0 Å². The number of carbonyl (C=O) groups excluding carboxylic acids is 2. The summed E-state index contributed by atoms with van der Waals surface area (Å²) in [6.45, 7) is 0. The van der Waals surface area contributed by atoms with Gasteiger partial charge in [0.1, 0.15) is 0 Å². The molecule has 1 amide bonds. The summed E-state index contributed by atoms with van der Waals surface area (Å²) in [6.07, 6.45) is 0.556. The fraction of sp³-hybridized carbons (Fsp3) is 0.273. The molecule has 0 bridgehead atoms. The van der Waals surface area contributed by atoms with Crippen molar-refractivity contribution in [3.05, 3.63) is 29.8 Å². The van der Waals surface area contributed by atoms with Crippen molar-refractivity contribution in [2.24, 2.45) is 5.84 Å². The second-order valence-electron chi connectivity index (χ2n) is 3.63. The zero-order chi connectivity index (χ0) is 11.5. The molecule has 1 aromatic rings. The van der Waals surface area contributed by atoms with Gasteiger partial charge in [-0.2, -0.15) is 0 Å². The zero-order valence-electron chi connectivity index (χ0n) is 8.60. The third-order valence-corrected chi connectivity index (χ3v) is 3.86. The summed E-state index contributed by atoms with van der Waals surface area (Å²) < 4.78 is 0. The lowest BCUT2D eigenvalue weighted by Crippen LogP contribution is -2.35. The summed E-state index contributed by atoms with van der Waals surface area (Å²) in [5.41, 5.74) is 3.10. The highest BCUT2D eigenvalue weighted by molar-refractivity contribution is 8.00. The van der Waals surface area contributed by atoms with Gasteiger partial charge in [0.05, 0.1) is 5.25 Å². The SMILES string of the molecule is NNC(=O)CC1Sc2ccccc2CC1=O. The molecule has 16 heavy (non-hydrogen) atoms. The lowest BCUT2D eigenvalue weighted by Gasteiger charge is -2.21. The van der Waals surface area contributed by atoms with Gasteiger partial charge in [-0.1, -0.05) is 18.2 Å². The average molecular weight is 236 g/mol. The number of ketones is 1. The number of rotatable bonds is 2. The maximum atomic E-state index is 11.8. The van der Waals surface area contributed by atoms with Gasteiger partial charge in [0.25, 0.3) is 0 Å². The minimum absolute atomic E-state index is 0.0901. The second-order valence-corrected chi connectivity index (χ2v) is 4.87. The molecule has 1 heterocycles. The molecule has 84 valence electrons. The van der Waals surface area contributed by atoms with E-state index in [0.717, 1.165) is 10.5 Å². The third-order valence-electron chi connectivity index (χ3n) is 2.50. The maximum Gasteiger partial charge on any atom is 0.235 e. The predicted molar refractivity (Wildman–Crippen MR) is 61.7 cm³/mol. The van der Waals surface area contributed by atoms with Gasteiger partial charge in [0.2, 0.25) is 5.91 Å². The van der Waals surface area contributed by atoms with Crippen LogP contribution in [0, 0.1) is 0 Å². The summed E-state index contributed by atoms with van der Waals surface area (Å²) in [5, 5.41) is -0.307. The van der Waals surface area contributed by atoms with Gasteiger partial charge in [-0.15, -0.1) is 11.8 Å². The first kappa shape index (κ1) is 11.2. The Morgan fingerprint density at radius 2 is 2.25 bits per heavy atom. The summed E-state index contributed by atoms with van der Waals surface area (Å²) in [6, 6.07) is 7.76. The van der Waals surface area contributed by atoms with Gasteiger partial charge in [0, 0.05) is 17.7 Å². The quantitative estimate of drug-likeness (QED) is 0.449. The summed E-state index contributed by atoms with van der Waals surface area (Å²) >= 11 is 1.44. The maximum absolute atomic E-state index is 11.8. The summed E-state index contributed by atoms with van der Waals surface area (Å²) in [4.78, 5) is 24.0. The van der Waals surface area contributed by atoms with Crippen LogP contribution in [0.2, 0.25) is 0 Å². The fourth-order valence-corrected chi connectivity index (χ4v) is 2.87. The van der Waals surface area contributed by atoms with Gasteiger partial charge in [-0.05, 0) is 11.6 Å². The highest BCUT2D eigenvalue weighted by Gasteiger charge is 2.28. The van der Waals surface area contributed by atoms with E-state index < -0.39 is 0 Å². The molecule has 1 atom stereocenters. The summed E-state index contributed by atoms with van der Waals surface area (Å²) in [7, 11) is 0. The highest BCUT2D eigenvalue weighted by atomic mass is 32.2. The number of nitrogens with two attached hydrogens (primary N) is 1. The fourth-order valence-electron chi connectivity index (χ4n) is 1.67. The van der Waals surface area contributed by atoms with Gasteiger partial charge in [-0.3, -0.25) is 15.0 Å². The molecule has 0 aliphatic carbocycles. The van der Waals surface area contributed by atoms with E-state index in [4.69, 9.17) is 5.84 Å². The van der Waals surface area contributed by atoms with Crippen LogP contribution in [0.5, 0.6) is 0 Å². The Labute approximate surface area is 97.6 Å². The van der Waals surface area contributed by atoms with Crippen LogP contribution < -0.4 is 11.3 Å². The molecule has 3 N–H and O–H groups in total. The van der Waals surface area contributed by atoms with Crippen LogP contribution in [0.1, 0.15) is 12.0 Å². The van der Waals surface area contributed by atoms with Crippen LogP contribution in [-0.2, 0) is 16.0 Å². The van der Waals surface area contributed by atoms with E-state index in [1.165, 1.54) is 11.8 Å². The molecule has 0 fully saturated rings.